The summed E-state index contributed by atoms with van der Waals surface area (Å²) in [7, 11) is 3.23. The molecule has 0 aliphatic carbocycles. The van der Waals surface area contributed by atoms with Gasteiger partial charge in [-0.25, -0.2) is 22.4 Å². The standard InChI is InChI=1S/C18H18ClF2N5O2.C3H7F2N/c1-24-6-2-7-26-16(17(24)27)10-9-25(8-5-12(10)23-26)18(28)22-13-4-3-11(20)14(19)15(13)21;1-6-2-3(4)5/h3-4H,2,5-9H2,1H3,(H,22,28);3,6H,2H2,1H3. The lowest BCUT2D eigenvalue weighted by molar-refractivity contribution is 0.0793. The van der Waals surface area contributed by atoms with Crippen molar-refractivity contribution in [2.75, 3.05) is 39.0 Å². The molecular formula is C21H25ClF4N6O2. The predicted octanol–water partition coefficient (Wildman–Crippen LogP) is 3.35. The lowest BCUT2D eigenvalue weighted by Gasteiger charge is -2.27. The van der Waals surface area contributed by atoms with Crippen LogP contribution < -0.4 is 10.6 Å². The Kier molecular flexibility index (Phi) is 8.37. The zero-order chi connectivity index (χ0) is 25.0. The van der Waals surface area contributed by atoms with Crippen LogP contribution >= 0.6 is 11.6 Å². The molecular weight excluding hydrogens is 480 g/mol. The van der Waals surface area contributed by atoms with E-state index in [1.54, 1.807) is 16.6 Å². The topological polar surface area (TPSA) is 82.5 Å². The monoisotopic (exact) mass is 504 g/mol. The summed E-state index contributed by atoms with van der Waals surface area (Å²) in [6, 6.07) is 1.55. The average molecular weight is 505 g/mol. The summed E-state index contributed by atoms with van der Waals surface area (Å²) in [5, 5.41) is 8.61. The highest BCUT2D eigenvalue weighted by Gasteiger charge is 2.32. The predicted molar refractivity (Wildman–Crippen MR) is 118 cm³/mol. The zero-order valence-electron chi connectivity index (χ0n) is 18.7. The van der Waals surface area contributed by atoms with Crippen molar-refractivity contribution in [2.24, 2.45) is 0 Å². The molecule has 8 nitrogen and oxygen atoms in total. The van der Waals surface area contributed by atoms with E-state index in [9.17, 15) is 27.2 Å². The van der Waals surface area contributed by atoms with Crippen molar-refractivity contribution in [3.05, 3.63) is 45.7 Å². The fourth-order valence-corrected chi connectivity index (χ4v) is 3.88. The number of aromatic nitrogens is 2. The summed E-state index contributed by atoms with van der Waals surface area (Å²) in [6.07, 6.45) is -0.910. The third-order valence-corrected chi connectivity index (χ3v) is 5.78. The summed E-state index contributed by atoms with van der Waals surface area (Å²) in [4.78, 5) is 28.4. The van der Waals surface area contributed by atoms with Crippen molar-refractivity contribution in [2.45, 2.75) is 32.4 Å². The molecule has 0 fully saturated rings. The van der Waals surface area contributed by atoms with Gasteiger partial charge in [-0.1, -0.05) is 11.6 Å². The van der Waals surface area contributed by atoms with Crippen molar-refractivity contribution >= 4 is 29.2 Å². The second-order valence-electron chi connectivity index (χ2n) is 7.85. The number of nitrogens with one attached hydrogen (secondary N) is 2. The van der Waals surface area contributed by atoms with Gasteiger partial charge in [0.25, 0.3) is 12.3 Å². The molecule has 0 bridgehead atoms. The first-order valence-electron chi connectivity index (χ1n) is 10.6. The molecule has 186 valence electrons. The van der Waals surface area contributed by atoms with Crippen molar-refractivity contribution in [1.82, 2.24) is 24.9 Å². The molecule has 2 N–H and O–H groups in total. The molecule has 2 aliphatic heterocycles. The number of carbonyl (C=O) groups is 2. The van der Waals surface area contributed by atoms with Gasteiger partial charge >= 0.3 is 6.03 Å². The number of carbonyl (C=O) groups excluding carboxylic acids is 2. The Morgan fingerprint density at radius 1 is 1.24 bits per heavy atom. The van der Waals surface area contributed by atoms with Gasteiger partial charge in [-0.2, -0.15) is 5.10 Å². The number of alkyl halides is 2. The molecule has 0 spiro atoms. The minimum absolute atomic E-state index is 0.120. The van der Waals surface area contributed by atoms with Crippen LogP contribution in [0.4, 0.5) is 28.0 Å². The van der Waals surface area contributed by atoms with Gasteiger partial charge in [-0.15, -0.1) is 0 Å². The van der Waals surface area contributed by atoms with Crippen LogP contribution in [0, 0.1) is 11.6 Å². The second kappa shape index (κ2) is 11.0. The number of amides is 3. The Bertz CT molecular complexity index is 1060. The zero-order valence-corrected chi connectivity index (χ0v) is 19.4. The molecule has 1 aromatic carbocycles. The molecule has 34 heavy (non-hydrogen) atoms. The Morgan fingerprint density at radius 3 is 2.62 bits per heavy atom. The Morgan fingerprint density at radius 2 is 1.97 bits per heavy atom. The molecule has 0 atom stereocenters. The minimum atomic E-state index is -2.21. The molecule has 0 radical (unpaired) electrons. The van der Waals surface area contributed by atoms with Gasteiger partial charge in [0.05, 0.1) is 24.5 Å². The number of aryl methyl sites for hydroxylation is 1. The lowest BCUT2D eigenvalue weighted by atomic mass is 10.0. The summed E-state index contributed by atoms with van der Waals surface area (Å²) in [6.45, 7) is 1.64. The van der Waals surface area contributed by atoms with E-state index in [2.05, 4.69) is 15.7 Å². The van der Waals surface area contributed by atoms with Crippen molar-refractivity contribution in [3.63, 3.8) is 0 Å². The maximum Gasteiger partial charge on any atom is 0.322 e. The van der Waals surface area contributed by atoms with Gasteiger partial charge in [0.1, 0.15) is 16.5 Å². The number of fused-ring (bicyclic) bond motifs is 3. The van der Waals surface area contributed by atoms with Gasteiger partial charge in [-0.05, 0) is 25.6 Å². The fourth-order valence-electron chi connectivity index (χ4n) is 3.71. The first-order valence-corrected chi connectivity index (χ1v) is 11.0. The quantitative estimate of drug-likeness (QED) is 0.496. The summed E-state index contributed by atoms with van der Waals surface area (Å²) in [5.74, 6) is -2.04. The molecule has 13 heteroatoms. The van der Waals surface area contributed by atoms with E-state index >= 15 is 0 Å². The summed E-state index contributed by atoms with van der Waals surface area (Å²) in [5.41, 5.74) is 1.83. The van der Waals surface area contributed by atoms with Crippen molar-refractivity contribution in [1.29, 1.82) is 0 Å². The normalized spacial score (nSPS) is 15.4. The summed E-state index contributed by atoms with van der Waals surface area (Å²) >= 11 is 5.56. The molecule has 4 rings (SSSR count). The van der Waals surface area contributed by atoms with Crippen LogP contribution in [0.1, 0.15) is 28.2 Å². The van der Waals surface area contributed by atoms with E-state index in [1.807, 2.05) is 0 Å². The van der Waals surface area contributed by atoms with Crippen LogP contribution in [-0.2, 0) is 19.5 Å². The van der Waals surface area contributed by atoms with Crippen molar-refractivity contribution in [3.8, 4) is 0 Å². The first kappa shape index (κ1) is 25.8. The molecule has 0 saturated heterocycles. The highest BCUT2D eigenvalue weighted by atomic mass is 35.5. The van der Waals surface area contributed by atoms with Gasteiger partial charge in [0.2, 0.25) is 0 Å². The Labute approximate surface area is 198 Å². The minimum Gasteiger partial charge on any atom is -0.340 e. The Hall–Kier alpha value is -2.86. The van der Waals surface area contributed by atoms with Crippen LogP contribution in [-0.4, -0.2) is 71.7 Å². The lowest BCUT2D eigenvalue weighted by Crippen LogP contribution is -2.39. The molecule has 3 heterocycles. The van der Waals surface area contributed by atoms with E-state index in [0.717, 1.165) is 29.8 Å². The maximum atomic E-state index is 14.1. The van der Waals surface area contributed by atoms with E-state index < -0.39 is 29.1 Å². The van der Waals surface area contributed by atoms with Crippen LogP contribution in [0.15, 0.2) is 12.1 Å². The number of halogens is 5. The van der Waals surface area contributed by atoms with Gasteiger partial charge in [0, 0.05) is 38.7 Å². The first-order chi connectivity index (χ1) is 16.1. The van der Waals surface area contributed by atoms with E-state index in [0.29, 0.717) is 31.7 Å². The SMILES string of the molecule is CN1CCCn2nc3c(c2C1=O)CN(C(=O)Nc1ccc(F)c(Cl)c1F)CC3.CNCC(F)F. The molecule has 3 amide bonds. The molecule has 1 aromatic heterocycles. The molecule has 0 unspecified atom stereocenters. The number of hydrogen-bond acceptors (Lipinski definition) is 4. The van der Waals surface area contributed by atoms with Gasteiger partial charge in [0.15, 0.2) is 5.82 Å². The average Bonchev–Trinajstić information content (AvgIpc) is 3.09. The molecule has 2 aliphatic rings. The highest BCUT2D eigenvalue weighted by molar-refractivity contribution is 6.31. The van der Waals surface area contributed by atoms with Crippen LogP contribution in [0.25, 0.3) is 0 Å². The number of rotatable bonds is 3. The van der Waals surface area contributed by atoms with Crippen LogP contribution in [0.3, 0.4) is 0 Å². The molecule has 0 saturated carbocycles. The van der Waals surface area contributed by atoms with Crippen molar-refractivity contribution < 1.29 is 27.2 Å². The van der Waals surface area contributed by atoms with Crippen LogP contribution in [0.2, 0.25) is 5.02 Å². The Balaban J connectivity index is 0.000000481. The number of urea groups is 1. The number of hydrogen-bond donors (Lipinski definition) is 2. The fraction of sp³-hybridized carbons (Fsp3) is 0.476. The third kappa shape index (κ3) is 5.61. The van der Waals surface area contributed by atoms with Gasteiger partial charge in [-0.3, -0.25) is 9.48 Å². The van der Waals surface area contributed by atoms with E-state index in [1.165, 1.54) is 11.9 Å². The van der Waals surface area contributed by atoms with E-state index in [-0.39, 0.29) is 24.7 Å². The smallest absolute Gasteiger partial charge is 0.322 e. The van der Waals surface area contributed by atoms with Crippen LogP contribution in [0.5, 0.6) is 0 Å². The highest BCUT2D eigenvalue weighted by Crippen LogP contribution is 2.28. The largest absolute Gasteiger partial charge is 0.340 e. The number of anilines is 1. The van der Waals surface area contributed by atoms with Gasteiger partial charge < -0.3 is 20.4 Å². The number of benzene rings is 1. The second-order valence-corrected chi connectivity index (χ2v) is 8.23. The third-order valence-electron chi connectivity index (χ3n) is 5.44. The molecule has 2 aromatic rings. The number of nitrogens with zero attached hydrogens (tertiary/aromatic N) is 4. The maximum absolute atomic E-state index is 14.1. The van der Waals surface area contributed by atoms with E-state index in [4.69, 9.17) is 11.6 Å². The summed E-state index contributed by atoms with van der Waals surface area (Å²) < 4.78 is 51.0.